The first-order chi connectivity index (χ1) is 13.7. The molecule has 1 saturated heterocycles. The van der Waals surface area contributed by atoms with Gasteiger partial charge in [-0.1, -0.05) is 23.8 Å². The second-order valence-electron chi connectivity index (χ2n) is 7.36. The number of carbonyl (C=O) groups is 3. The number of rotatable bonds is 5. The van der Waals surface area contributed by atoms with Gasteiger partial charge in [0.2, 0.25) is 0 Å². The quantitative estimate of drug-likeness (QED) is 0.325. The van der Waals surface area contributed by atoms with Gasteiger partial charge >= 0.3 is 17.9 Å². The van der Waals surface area contributed by atoms with Crippen molar-refractivity contribution in [3.8, 4) is 0 Å². The Morgan fingerprint density at radius 2 is 2.07 bits per heavy atom. The summed E-state index contributed by atoms with van der Waals surface area (Å²) in [6, 6.07) is 0. The summed E-state index contributed by atoms with van der Waals surface area (Å²) in [6.45, 7) is 8.28. The van der Waals surface area contributed by atoms with Crippen molar-refractivity contribution in [3.05, 3.63) is 47.1 Å². The molecule has 0 aromatic heterocycles. The Hall–Kier alpha value is -2.67. The van der Waals surface area contributed by atoms with Crippen LogP contribution >= 0.6 is 0 Å². The molecule has 0 aromatic carbocycles. The van der Waals surface area contributed by atoms with E-state index in [1.807, 2.05) is 19.9 Å². The fraction of sp³-hybridized carbons (Fsp3) is 0.500. The van der Waals surface area contributed by atoms with Crippen LogP contribution in [0.1, 0.15) is 40.0 Å². The number of ether oxygens (including phenoxy) is 3. The molecule has 1 N–H and O–H groups in total. The number of carbonyl (C=O) groups excluding carboxylic acids is 3. The van der Waals surface area contributed by atoms with Gasteiger partial charge in [0.15, 0.2) is 0 Å². The minimum absolute atomic E-state index is 0.0283. The predicted molar refractivity (Wildman–Crippen MR) is 106 cm³/mol. The predicted octanol–water partition coefficient (Wildman–Crippen LogP) is 2.55. The van der Waals surface area contributed by atoms with Crippen molar-refractivity contribution in [2.75, 3.05) is 13.2 Å². The van der Waals surface area contributed by atoms with E-state index >= 15 is 0 Å². The third-order valence-corrected chi connectivity index (χ3v) is 4.95. The summed E-state index contributed by atoms with van der Waals surface area (Å²) < 4.78 is 16.1. The Kier molecular flexibility index (Phi) is 7.96. The third kappa shape index (κ3) is 6.15. The Morgan fingerprint density at radius 1 is 1.34 bits per heavy atom. The van der Waals surface area contributed by atoms with Crippen molar-refractivity contribution >= 4 is 17.9 Å². The monoisotopic (exact) mass is 404 g/mol. The van der Waals surface area contributed by atoms with Crippen LogP contribution in [0.5, 0.6) is 0 Å². The maximum absolute atomic E-state index is 12.7. The maximum atomic E-state index is 12.7. The molecule has 1 fully saturated rings. The van der Waals surface area contributed by atoms with Gasteiger partial charge in [0.25, 0.3) is 0 Å². The number of hydrogen-bond acceptors (Lipinski definition) is 7. The van der Waals surface area contributed by atoms with E-state index in [0.29, 0.717) is 6.42 Å². The second kappa shape index (κ2) is 10.2. The molecule has 1 aliphatic heterocycles. The van der Waals surface area contributed by atoms with Crippen LogP contribution in [0.3, 0.4) is 0 Å². The standard InChI is InChI=1S/C22H28O7/c1-13-6-5-7-14(2)11-19(20-15(3)21(25)28-18(20)10-13)29-22(26)17(8-9-23)12-27-16(4)24/h7-8,10,18-20,23H,3,5-6,9,11-12H2,1-2,4H3/b13-10+,14-7-,17-8+/t18-,19+,20-/m0/s1. The molecule has 0 aromatic rings. The Labute approximate surface area is 170 Å². The van der Waals surface area contributed by atoms with Gasteiger partial charge < -0.3 is 19.3 Å². The molecule has 7 nitrogen and oxygen atoms in total. The highest BCUT2D eigenvalue weighted by Gasteiger charge is 2.44. The van der Waals surface area contributed by atoms with E-state index < -0.39 is 42.6 Å². The van der Waals surface area contributed by atoms with Gasteiger partial charge in [-0.25, -0.2) is 9.59 Å². The van der Waals surface area contributed by atoms with Gasteiger partial charge in [-0.15, -0.1) is 0 Å². The van der Waals surface area contributed by atoms with Crippen LogP contribution in [-0.2, 0) is 28.6 Å². The number of fused-ring (bicyclic) bond motifs is 1. The Bertz CT molecular complexity index is 772. The zero-order chi connectivity index (χ0) is 21.6. The molecule has 1 aliphatic carbocycles. The zero-order valence-electron chi connectivity index (χ0n) is 17.1. The number of esters is 3. The second-order valence-corrected chi connectivity index (χ2v) is 7.36. The lowest BCUT2D eigenvalue weighted by atomic mass is 9.85. The van der Waals surface area contributed by atoms with E-state index in [0.717, 1.165) is 24.0 Å². The normalized spacial score (nSPS) is 29.0. The minimum atomic E-state index is -0.721. The molecule has 0 unspecified atom stereocenters. The molecule has 0 radical (unpaired) electrons. The summed E-state index contributed by atoms with van der Waals surface area (Å²) >= 11 is 0. The average molecular weight is 404 g/mol. The maximum Gasteiger partial charge on any atom is 0.337 e. The van der Waals surface area contributed by atoms with Crippen LogP contribution in [0.4, 0.5) is 0 Å². The minimum Gasteiger partial charge on any atom is -0.461 e. The molecular formula is C22H28O7. The van der Waals surface area contributed by atoms with Gasteiger partial charge in [0, 0.05) is 18.9 Å². The van der Waals surface area contributed by atoms with Gasteiger partial charge in [-0.3, -0.25) is 4.79 Å². The number of aliphatic hydroxyl groups is 1. The van der Waals surface area contributed by atoms with E-state index in [9.17, 15) is 19.5 Å². The third-order valence-electron chi connectivity index (χ3n) is 4.95. The number of hydrogen-bond donors (Lipinski definition) is 1. The summed E-state index contributed by atoms with van der Waals surface area (Å²) in [6.07, 6.45) is 6.06. The highest BCUT2D eigenvalue weighted by atomic mass is 16.6. The first-order valence-electron chi connectivity index (χ1n) is 9.59. The van der Waals surface area contributed by atoms with Crippen LogP contribution in [0, 0.1) is 5.92 Å². The zero-order valence-corrected chi connectivity index (χ0v) is 17.1. The molecule has 29 heavy (non-hydrogen) atoms. The summed E-state index contributed by atoms with van der Waals surface area (Å²) in [5.41, 5.74) is 2.39. The highest BCUT2D eigenvalue weighted by molar-refractivity contribution is 5.92. The molecule has 2 rings (SSSR count). The number of aliphatic hydroxyl groups excluding tert-OH is 1. The first kappa shape index (κ1) is 22.6. The molecule has 0 saturated carbocycles. The SMILES string of the molecule is C=C1C(=O)O[C@H]2/C=C(\C)CC/C=C(/C)C[C@@H](OC(=O)/C(=C/CO)COC(C)=O)[C@@H]12. The van der Waals surface area contributed by atoms with Crippen LogP contribution in [0.15, 0.2) is 47.1 Å². The lowest BCUT2D eigenvalue weighted by molar-refractivity contribution is -0.148. The largest absolute Gasteiger partial charge is 0.461 e. The lowest BCUT2D eigenvalue weighted by Gasteiger charge is -2.27. The first-order valence-corrected chi connectivity index (χ1v) is 9.59. The van der Waals surface area contributed by atoms with Crippen molar-refractivity contribution in [1.82, 2.24) is 0 Å². The van der Waals surface area contributed by atoms with Gasteiger partial charge in [0.1, 0.15) is 18.8 Å². The summed E-state index contributed by atoms with van der Waals surface area (Å²) in [5, 5.41) is 9.19. The molecule has 158 valence electrons. The van der Waals surface area contributed by atoms with E-state index in [2.05, 4.69) is 12.7 Å². The van der Waals surface area contributed by atoms with Crippen LogP contribution < -0.4 is 0 Å². The fourth-order valence-electron chi connectivity index (χ4n) is 3.44. The van der Waals surface area contributed by atoms with Gasteiger partial charge in [-0.05, 0) is 38.8 Å². The van der Waals surface area contributed by atoms with Crippen molar-refractivity contribution in [1.29, 1.82) is 0 Å². The lowest BCUT2D eigenvalue weighted by Crippen LogP contribution is -2.34. The molecule has 1 heterocycles. The smallest absolute Gasteiger partial charge is 0.337 e. The average Bonchev–Trinajstić information content (AvgIpc) is 2.91. The Balaban J connectivity index is 2.32. The molecule has 2 aliphatic rings. The summed E-state index contributed by atoms with van der Waals surface area (Å²) in [4.78, 5) is 36.0. The fourth-order valence-corrected chi connectivity index (χ4v) is 3.44. The van der Waals surface area contributed by atoms with Gasteiger partial charge in [-0.2, -0.15) is 0 Å². The van der Waals surface area contributed by atoms with Crippen molar-refractivity contribution in [3.63, 3.8) is 0 Å². The van der Waals surface area contributed by atoms with E-state index in [1.54, 1.807) is 0 Å². The van der Waals surface area contributed by atoms with E-state index in [-0.39, 0.29) is 17.8 Å². The van der Waals surface area contributed by atoms with Crippen molar-refractivity contribution in [2.45, 2.75) is 52.2 Å². The summed E-state index contributed by atoms with van der Waals surface area (Å²) in [7, 11) is 0. The van der Waals surface area contributed by atoms with Crippen molar-refractivity contribution < 1.29 is 33.7 Å². The van der Waals surface area contributed by atoms with E-state index in [1.165, 1.54) is 13.0 Å². The molecule has 0 spiro atoms. The van der Waals surface area contributed by atoms with Crippen LogP contribution in [0.2, 0.25) is 0 Å². The molecule has 0 bridgehead atoms. The molecule has 0 amide bonds. The van der Waals surface area contributed by atoms with Crippen LogP contribution in [-0.4, -0.2) is 48.4 Å². The topological polar surface area (TPSA) is 99.1 Å². The van der Waals surface area contributed by atoms with Crippen LogP contribution in [0.25, 0.3) is 0 Å². The number of allylic oxidation sites excluding steroid dienone is 2. The summed E-state index contributed by atoms with van der Waals surface area (Å²) in [5.74, 6) is -2.30. The highest BCUT2D eigenvalue weighted by Crippen LogP contribution is 2.36. The molecular weight excluding hydrogens is 376 g/mol. The molecule has 7 heteroatoms. The molecule has 3 atom stereocenters. The Morgan fingerprint density at radius 3 is 2.72 bits per heavy atom. The van der Waals surface area contributed by atoms with Gasteiger partial charge in [0.05, 0.1) is 18.1 Å². The van der Waals surface area contributed by atoms with E-state index in [4.69, 9.17) is 14.2 Å². The van der Waals surface area contributed by atoms with Crippen molar-refractivity contribution in [2.24, 2.45) is 5.92 Å².